The minimum Gasteiger partial charge on any atom is -0.354 e. The summed E-state index contributed by atoms with van der Waals surface area (Å²) in [5.74, 6) is -0.140. The zero-order valence-corrected chi connectivity index (χ0v) is 12.8. The van der Waals surface area contributed by atoms with Crippen molar-refractivity contribution in [2.75, 3.05) is 13.1 Å². The summed E-state index contributed by atoms with van der Waals surface area (Å²) in [4.78, 5) is 37.3. The fourth-order valence-corrected chi connectivity index (χ4v) is 3.04. The maximum atomic E-state index is 12.2. The number of amides is 3. The number of imide groups is 1. The Morgan fingerprint density at radius 3 is 2.68 bits per heavy atom. The van der Waals surface area contributed by atoms with Crippen molar-refractivity contribution in [1.82, 2.24) is 10.2 Å². The van der Waals surface area contributed by atoms with Gasteiger partial charge in [-0.1, -0.05) is 30.3 Å². The number of carbonyl (C=O) groups is 3. The van der Waals surface area contributed by atoms with Crippen molar-refractivity contribution in [2.24, 2.45) is 5.92 Å². The van der Waals surface area contributed by atoms with E-state index in [1.807, 2.05) is 30.3 Å². The van der Waals surface area contributed by atoms with Crippen LogP contribution >= 0.6 is 11.8 Å². The molecule has 0 radical (unpaired) electrons. The first-order valence-electron chi connectivity index (χ1n) is 7.23. The molecule has 0 unspecified atom stereocenters. The molecular weight excluding hydrogens is 300 g/mol. The molecule has 3 amide bonds. The van der Waals surface area contributed by atoms with Gasteiger partial charge in [-0.25, -0.2) is 0 Å². The van der Waals surface area contributed by atoms with Gasteiger partial charge in [0.1, 0.15) is 0 Å². The van der Waals surface area contributed by atoms with E-state index in [1.165, 1.54) is 4.90 Å². The summed E-state index contributed by atoms with van der Waals surface area (Å²) in [6.07, 6.45) is 3.59. The summed E-state index contributed by atoms with van der Waals surface area (Å²) in [5.41, 5.74) is 0.884. The molecule has 1 saturated heterocycles. The number of nitrogens with zero attached hydrogens (tertiary/aromatic N) is 1. The third kappa shape index (κ3) is 3.39. The van der Waals surface area contributed by atoms with Crippen LogP contribution in [0.25, 0.3) is 6.08 Å². The fraction of sp³-hybridized carbons (Fsp3) is 0.312. The van der Waals surface area contributed by atoms with Gasteiger partial charge in [0.05, 0.1) is 4.91 Å². The SMILES string of the molecule is O=C(NCCN1C(=O)S/C(=C\c2ccccc2)C1=O)C1CC1. The molecule has 5 nitrogen and oxygen atoms in total. The lowest BCUT2D eigenvalue weighted by Crippen LogP contribution is -2.37. The van der Waals surface area contributed by atoms with E-state index in [1.54, 1.807) is 6.08 Å². The highest BCUT2D eigenvalue weighted by Crippen LogP contribution is 2.32. The van der Waals surface area contributed by atoms with Gasteiger partial charge >= 0.3 is 0 Å². The molecule has 1 heterocycles. The van der Waals surface area contributed by atoms with E-state index < -0.39 is 0 Å². The molecule has 6 heteroatoms. The first-order chi connectivity index (χ1) is 10.6. The second kappa shape index (κ2) is 6.36. The lowest BCUT2D eigenvalue weighted by atomic mass is 10.2. The molecule has 1 aliphatic heterocycles. The third-order valence-electron chi connectivity index (χ3n) is 3.55. The molecule has 0 spiro atoms. The van der Waals surface area contributed by atoms with Crippen molar-refractivity contribution < 1.29 is 14.4 Å². The highest BCUT2D eigenvalue weighted by molar-refractivity contribution is 8.18. The molecule has 1 N–H and O–H groups in total. The van der Waals surface area contributed by atoms with E-state index >= 15 is 0 Å². The third-order valence-corrected chi connectivity index (χ3v) is 4.46. The zero-order valence-electron chi connectivity index (χ0n) is 12.0. The molecule has 0 aromatic heterocycles. The standard InChI is InChI=1S/C16H16N2O3S/c19-14(12-6-7-12)17-8-9-18-15(20)13(22-16(18)21)10-11-4-2-1-3-5-11/h1-5,10,12H,6-9H2,(H,17,19)/b13-10-. The Labute approximate surface area is 132 Å². The summed E-state index contributed by atoms with van der Waals surface area (Å²) >= 11 is 0.940. The smallest absolute Gasteiger partial charge is 0.293 e. The normalized spacial score (nSPS) is 19.8. The quantitative estimate of drug-likeness (QED) is 0.846. The van der Waals surface area contributed by atoms with E-state index in [9.17, 15) is 14.4 Å². The van der Waals surface area contributed by atoms with E-state index in [2.05, 4.69) is 5.32 Å². The van der Waals surface area contributed by atoms with Crippen LogP contribution < -0.4 is 5.32 Å². The Morgan fingerprint density at radius 2 is 2.00 bits per heavy atom. The van der Waals surface area contributed by atoms with Crippen LogP contribution in [0.3, 0.4) is 0 Å². The Kier molecular flexibility index (Phi) is 4.29. The number of hydrogen-bond acceptors (Lipinski definition) is 4. The van der Waals surface area contributed by atoms with Crippen LogP contribution in [-0.2, 0) is 9.59 Å². The Hall–Kier alpha value is -2.08. The van der Waals surface area contributed by atoms with Crippen LogP contribution in [0.5, 0.6) is 0 Å². The topological polar surface area (TPSA) is 66.5 Å². The molecule has 22 heavy (non-hydrogen) atoms. The summed E-state index contributed by atoms with van der Waals surface area (Å²) in [6.45, 7) is 0.529. The lowest BCUT2D eigenvalue weighted by Gasteiger charge is -2.12. The van der Waals surface area contributed by atoms with E-state index in [0.29, 0.717) is 11.4 Å². The Balaban J connectivity index is 1.59. The molecule has 1 aromatic carbocycles. The molecule has 0 bridgehead atoms. The summed E-state index contributed by atoms with van der Waals surface area (Å²) in [6, 6.07) is 9.41. The molecular formula is C16H16N2O3S. The molecule has 114 valence electrons. The molecule has 0 atom stereocenters. The average molecular weight is 316 g/mol. The van der Waals surface area contributed by atoms with Gasteiger partial charge in [-0.2, -0.15) is 0 Å². The first-order valence-corrected chi connectivity index (χ1v) is 8.05. The molecule has 1 saturated carbocycles. The van der Waals surface area contributed by atoms with Crippen molar-refractivity contribution in [3.05, 3.63) is 40.8 Å². The minimum absolute atomic E-state index is 0.0202. The van der Waals surface area contributed by atoms with Crippen LogP contribution in [0, 0.1) is 5.92 Å². The molecule has 1 aromatic rings. The van der Waals surface area contributed by atoms with Gasteiger partial charge in [0.25, 0.3) is 11.1 Å². The second-order valence-electron chi connectivity index (χ2n) is 5.31. The highest BCUT2D eigenvalue weighted by atomic mass is 32.2. The molecule has 1 aliphatic carbocycles. The average Bonchev–Trinajstić information content (AvgIpc) is 3.32. The van der Waals surface area contributed by atoms with Crippen LogP contribution in [0.4, 0.5) is 4.79 Å². The summed E-state index contributed by atoms with van der Waals surface area (Å²) < 4.78 is 0. The largest absolute Gasteiger partial charge is 0.354 e. The predicted octanol–water partition coefficient (Wildman–Crippen LogP) is 2.25. The lowest BCUT2D eigenvalue weighted by molar-refractivity contribution is -0.124. The predicted molar refractivity (Wildman–Crippen MR) is 84.9 cm³/mol. The van der Waals surface area contributed by atoms with E-state index in [-0.39, 0.29) is 29.5 Å². The number of carbonyl (C=O) groups excluding carboxylic acids is 3. The Morgan fingerprint density at radius 1 is 1.27 bits per heavy atom. The maximum Gasteiger partial charge on any atom is 0.293 e. The summed E-state index contributed by atoms with van der Waals surface area (Å²) in [5, 5.41) is 2.48. The van der Waals surface area contributed by atoms with Gasteiger partial charge in [0.15, 0.2) is 0 Å². The second-order valence-corrected chi connectivity index (χ2v) is 6.30. The van der Waals surface area contributed by atoms with Gasteiger partial charge < -0.3 is 5.32 Å². The Bertz CT molecular complexity index is 638. The number of rotatable bonds is 5. The van der Waals surface area contributed by atoms with Crippen LogP contribution in [0.2, 0.25) is 0 Å². The van der Waals surface area contributed by atoms with Gasteiger partial charge in [0, 0.05) is 19.0 Å². The molecule has 2 fully saturated rings. The van der Waals surface area contributed by atoms with Crippen molar-refractivity contribution in [1.29, 1.82) is 0 Å². The van der Waals surface area contributed by atoms with Crippen molar-refractivity contribution >= 4 is 34.9 Å². The van der Waals surface area contributed by atoms with Crippen molar-refractivity contribution in [3.8, 4) is 0 Å². The summed E-state index contributed by atoms with van der Waals surface area (Å²) in [7, 11) is 0. The van der Waals surface area contributed by atoms with Crippen molar-refractivity contribution in [3.63, 3.8) is 0 Å². The zero-order chi connectivity index (χ0) is 15.5. The van der Waals surface area contributed by atoms with Crippen LogP contribution in [0.15, 0.2) is 35.2 Å². The highest BCUT2D eigenvalue weighted by Gasteiger charge is 2.35. The van der Waals surface area contributed by atoms with Gasteiger partial charge in [-0.15, -0.1) is 0 Å². The number of nitrogens with one attached hydrogen (secondary N) is 1. The first kappa shape index (κ1) is 14.8. The number of hydrogen-bond donors (Lipinski definition) is 1. The van der Waals surface area contributed by atoms with Gasteiger partial charge in [-0.3, -0.25) is 19.3 Å². The molecule has 3 rings (SSSR count). The fourth-order valence-electron chi connectivity index (χ4n) is 2.17. The van der Waals surface area contributed by atoms with E-state index in [4.69, 9.17) is 0 Å². The van der Waals surface area contributed by atoms with Crippen molar-refractivity contribution in [2.45, 2.75) is 12.8 Å². The van der Waals surface area contributed by atoms with Crippen LogP contribution in [0.1, 0.15) is 18.4 Å². The van der Waals surface area contributed by atoms with Gasteiger partial charge in [0.2, 0.25) is 5.91 Å². The number of benzene rings is 1. The van der Waals surface area contributed by atoms with Gasteiger partial charge in [-0.05, 0) is 36.2 Å². The monoisotopic (exact) mass is 316 g/mol. The minimum atomic E-state index is -0.292. The molecule has 2 aliphatic rings. The number of thioether (sulfide) groups is 1. The van der Waals surface area contributed by atoms with E-state index in [0.717, 1.165) is 30.2 Å². The maximum absolute atomic E-state index is 12.2. The van der Waals surface area contributed by atoms with Crippen LogP contribution in [-0.4, -0.2) is 35.0 Å².